The van der Waals surface area contributed by atoms with Crippen molar-refractivity contribution in [3.05, 3.63) is 23.3 Å². The number of rotatable bonds is 4. The first-order chi connectivity index (χ1) is 8.47. The van der Waals surface area contributed by atoms with Crippen molar-refractivity contribution in [2.24, 2.45) is 0 Å². The van der Waals surface area contributed by atoms with E-state index in [0.717, 1.165) is 11.1 Å². The first-order valence-corrected chi connectivity index (χ1v) is 5.57. The SMILES string of the molecule is COc1cc(C=C(C)C)c(OC(C)=O)cc1OC. The molecule has 0 atom stereocenters. The number of methoxy groups -OCH3 is 2. The van der Waals surface area contributed by atoms with Gasteiger partial charge in [-0.3, -0.25) is 4.79 Å². The van der Waals surface area contributed by atoms with Crippen LogP contribution in [0.5, 0.6) is 17.2 Å². The molecular formula is C14H18O4. The highest BCUT2D eigenvalue weighted by atomic mass is 16.5. The molecule has 0 saturated carbocycles. The highest BCUT2D eigenvalue weighted by molar-refractivity contribution is 5.73. The molecule has 0 N–H and O–H groups in total. The maximum absolute atomic E-state index is 11.1. The van der Waals surface area contributed by atoms with E-state index in [1.165, 1.54) is 14.0 Å². The summed E-state index contributed by atoms with van der Waals surface area (Å²) in [5, 5.41) is 0. The van der Waals surface area contributed by atoms with Crippen LogP contribution in [-0.4, -0.2) is 20.2 Å². The van der Waals surface area contributed by atoms with E-state index in [1.54, 1.807) is 19.2 Å². The van der Waals surface area contributed by atoms with E-state index in [2.05, 4.69) is 0 Å². The summed E-state index contributed by atoms with van der Waals surface area (Å²) >= 11 is 0. The van der Waals surface area contributed by atoms with Crippen molar-refractivity contribution in [1.29, 1.82) is 0 Å². The molecule has 0 unspecified atom stereocenters. The minimum atomic E-state index is -0.370. The van der Waals surface area contributed by atoms with Gasteiger partial charge in [-0.05, 0) is 19.9 Å². The Bertz CT molecular complexity index is 471. The summed E-state index contributed by atoms with van der Waals surface area (Å²) in [4.78, 5) is 11.1. The molecule has 0 amide bonds. The van der Waals surface area contributed by atoms with Crippen molar-refractivity contribution >= 4 is 12.0 Å². The highest BCUT2D eigenvalue weighted by Gasteiger charge is 2.12. The van der Waals surface area contributed by atoms with Gasteiger partial charge in [0, 0.05) is 18.6 Å². The van der Waals surface area contributed by atoms with E-state index in [0.29, 0.717) is 17.2 Å². The van der Waals surface area contributed by atoms with Crippen LogP contribution in [0, 0.1) is 0 Å². The summed E-state index contributed by atoms with van der Waals surface area (Å²) in [5.41, 5.74) is 1.87. The number of ether oxygens (including phenoxy) is 3. The zero-order valence-corrected chi connectivity index (χ0v) is 11.4. The predicted octanol–water partition coefficient (Wildman–Crippen LogP) is 3.05. The second-order valence-corrected chi connectivity index (χ2v) is 4.06. The molecule has 98 valence electrons. The molecule has 4 nitrogen and oxygen atoms in total. The fraction of sp³-hybridized carbons (Fsp3) is 0.357. The molecule has 0 aromatic heterocycles. The Morgan fingerprint density at radius 3 is 2.00 bits per heavy atom. The van der Waals surface area contributed by atoms with Gasteiger partial charge in [-0.25, -0.2) is 0 Å². The summed E-state index contributed by atoms with van der Waals surface area (Å²) < 4.78 is 15.6. The van der Waals surface area contributed by atoms with Crippen LogP contribution in [0.4, 0.5) is 0 Å². The van der Waals surface area contributed by atoms with Crippen molar-refractivity contribution < 1.29 is 19.0 Å². The molecule has 0 spiro atoms. The largest absolute Gasteiger partial charge is 0.493 e. The zero-order valence-electron chi connectivity index (χ0n) is 11.4. The quantitative estimate of drug-likeness (QED) is 0.608. The normalized spacial score (nSPS) is 9.61. The highest BCUT2D eigenvalue weighted by Crippen LogP contribution is 2.35. The molecule has 0 aliphatic carbocycles. The monoisotopic (exact) mass is 250 g/mol. The van der Waals surface area contributed by atoms with Crippen molar-refractivity contribution in [3.63, 3.8) is 0 Å². The first-order valence-electron chi connectivity index (χ1n) is 5.57. The minimum Gasteiger partial charge on any atom is -0.493 e. The number of hydrogen-bond donors (Lipinski definition) is 0. The summed E-state index contributed by atoms with van der Waals surface area (Å²) in [5.74, 6) is 1.22. The van der Waals surface area contributed by atoms with Crippen molar-refractivity contribution in [2.75, 3.05) is 14.2 Å². The summed E-state index contributed by atoms with van der Waals surface area (Å²) in [6.45, 7) is 5.30. The molecule has 4 heteroatoms. The Balaban J connectivity index is 3.35. The van der Waals surface area contributed by atoms with Gasteiger partial charge in [-0.2, -0.15) is 0 Å². The minimum absolute atomic E-state index is 0.370. The molecule has 1 rings (SSSR count). The lowest BCUT2D eigenvalue weighted by atomic mass is 10.1. The van der Waals surface area contributed by atoms with Gasteiger partial charge < -0.3 is 14.2 Å². The Kier molecular flexibility index (Phi) is 4.77. The molecule has 1 aromatic rings. The van der Waals surface area contributed by atoms with E-state index in [9.17, 15) is 4.79 Å². The molecule has 0 aliphatic rings. The Morgan fingerprint density at radius 1 is 1.00 bits per heavy atom. The maximum Gasteiger partial charge on any atom is 0.308 e. The summed E-state index contributed by atoms with van der Waals surface area (Å²) in [6.07, 6.45) is 1.92. The molecule has 0 aliphatic heterocycles. The predicted molar refractivity (Wildman–Crippen MR) is 70.2 cm³/mol. The van der Waals surface area contributed by atoms with Gasteiger partial charge in [0.25, 0.3) is 0 Å². The van der Waals surface area contributed by atoms with Gasteiger partial charge >= 0.3 is 5.97 Å². The maximum atomic E-state index is 11.1. The van der Waals surface area contributed by atoms with Crippen LogP contribution in [0.2, 0.25) is 0 Å². The smallest absolute Gasteiger partial charge is 0.308 e. The number of esters is 1. The number of hydrogen-bond acceptors (Lipinski definition) is 4. The number of benzene rings is 1. The van der Waals surface area contributed by atoms with Gasteiger partial charge in [0.05, 0.1) is 14.2 Å². The van der Waals surface area contributed by atoms with Crippen LogP contribution in [0.25, 0.3) is 6.08 Å². The van der Waals surface area contributed by atoms with Crippen LogP contribution in [0.15, 0.2) is 17.7 Å². The fourth-order valence-electron chi connectivity index (χ4n) is 1.54. The van der Waals surface area contributed by atoms with Crippen LogP contribution < -0.4 is 14.2 Å². The third kappa shape index (κ3) is 3.52. The first kappa shape index (κ1) is 14.1. The van der Waals surface area contributed by atoms with Crippen molar-refractivity contribution in [2.45, 2.75) is 20.8 Å². The van der Waals surface area contributed by atoms with Gasteiger partial charge in [0.2, 0.25) is 0 Å². The summed E-state index contributed by atoms with van der Waals surface area (Å²) in [7, 11) is 3.10. The molecule has 18 heavy (non-hydrogen) atoms. The lowest BCUT2D eigenvalue weighted by molar-refractivity contribution is -0.131. The van der Waals surface area contributed by atoms with E-state index in [4.69, 9.17) is 14.2 Å². The van der Waals surface area contributed by atoms with Crippen LogP contribution in [0.1, 0.15) is 26.3 Å². The van der Waals surface area contributed by atoms with Gasteiger partial charge in [0.15, 0.2) is 11.5 Å². The Morgan fingerprint density at radius 2 is 1.56 bits per heavy atom. The van der Waals surface area contributed by atoms with Crippen LogP contribution in [0.3, 0.4) is 0 Å². The zero-order chi connectivity index (χ0) is 13.7. The molecule has 0 heterocycles. The second kappa shape index (κ2) is 6.10. The van der Waals surface area contributed by atoms with E-state index >= 15 is 0 Å². The molecule has 0 fully saturated rings. The van der Waals surface area contributed by atoms with Gasteiger partial charge in [0.1, 0.15) is 5.75 Å². The third-order valence-electron chi connectivity index (χ3n) is 2.21. The van der Waals surface area contributed by atoms with E-state index in [-0.39, 0.29) is 5.97 Å². The average Bonchev–Trinajstić information content (AvgIpc) is 2.29. The lowest BCUT2D eigenvalue weighted by Gasteiger charge is -2.12. The van der Waals surface area contributed by atoms with Crippen LogP contribution in [-0.2, 0) is 4.79 Å². The van der Waals surface area contributed by atoms with Gasteiger partial charge in [-0.1, -0.05) is 11.6 Å². The number of carbonyl (C=O) groups is 1. The number of carbonyl (C=O) groups excluding carboxylic acids is 1. The van der Waals surface area contributed by atoms with E-state index in [1.807, 2.05) is 19.9 Å². The standard InChI is InChI=1S/C14H18O4/c1-9(2)6-11-7-13(16-4)14(17-5)8-12(11)18-10(3)15/h6-8H,1-5H3. The molecule has 0 radical (unpaired) electrons. The lowest BCUT2D eigenvalue weighted by Crippen LogP contribution is -2.04. The second-order valence-electron chi connectivity index (χ2n) is 4.06. The van der Waals surface area contributed by atoms with Gasteiger partial charge in [-0.15, -0.1) is 0 Å². The molecular weight excluding hydrogens is 232 g/mol. The third-order valence-corrected chi connectivity index (χ3v) is 2.21. The Labute approximate surface area is 107 Å². The number of allylic oxidation sites excluding steroid dienone is 1. The molecule has 0 bridgehead atoms. The fourth-order valence-corrected chi connectivity index (χ4v) is 1.54. The van der Waals surface area contributed by atoms with Crippen LogP contribution >= 0.6 is 0 Å². The molecule has 1 aromatic carbocycles. The van der Waals surface area contributed by atoms with E-state index < -0.39 is 0 Å². The molecule has 0 saturated heterocycles. The average molecular weight is 250 g/mol. The topological polar surface area (TPSA) is 44.8 Å². The van der Waals surface area contributed by atoms with Crippen molar-refractivity contribution in [3.8, 4) is 17.2 Å². The van der Waals surface area contributed by atoms with Crippen molar-refractivity contribution in [1.82, 2.24) is 0 Å². The Hall–Kier alpha value is -1.97. The summed E-state index contributed by atoms with van der Waals surface area (Å²) in [6, 6.07) is 3.43.